The van der Waals surface area contributed by atoms with Crippen LogP contribution in [-0.4, -0.2) is 6.36 Å². The molecule has 0 aliphatic carbocycles. The quantitative estimate of drug-likeness (QED) is 0.697. The van der Waals surface area contributed by atoms with E-state index in [9.17, 15) is 13.2 Å². The molecule has 0 bridgehead atoms. The van der Waals surface area contributed by atoms with Crippen LogP contribution in [0.4, 0.5) is 13.2 Å². The largest absolute Gasteiger partial charge is 0.573 e. The summed E-state index contributed by atoms with van der Waals surface area (Å²) in [6, 6.07) is 4.49. The van der Waals surface area contributed by atoms with Crippen molar-refractivity contribution in [1.29, 1.82) is 0 Å². The second-order valence-corrected chi connectivity index (χ2v) is 3.05. The topological polar surface area (TPSA) is 9.23 Å². The Morgan fingerprint density at radius 2 is 2.00 bits per heavy atom. The molecule has 0 fully saturated rings. The molecular weight excluding hydrogens is 217 g/mol. The van der Waals surface area contributed by atoms with Gasteiger partial charge >= 0.3 is 6.36 Å². The summed E-state index contributed by atoms with van der Waals surface area (Å²) >= 11 is 5.49. The van der Waals surface area contributed by atoms with Gasteiger partial charge in [-0.3, -0.25) is 0 Å². The highest BCUT2D eigenvalue weighted by molar-refractivity contribution is 6.17. The first-order valence-corrected chi connectivity index (χ1v) is 4.37. The molecule has 0 saturated carbocycles. The Morgan fingerprint density at radius 3 is 2.50 bits per heavy atom. The maximum atomic E-state index is 11.9. The molecule has 0 atom stereocenters. The van der Waals surface area contributed by atoms with Crippen molar-refractivity contribution >= 4 is 11.6 Å². The summed E-state index contributed by atoms with van der Waals surface area (Å²) in [6.07, 6.45) is -4.66. The molecule has 0 spiro atoms. The summed E-state index contributed by atoms with van der Waals surface area (Å²) in [7, 11) is 0. The minimum Gasteiger partial charge on any atom is -0.406 e. The Hall–Kier alpha value is -0.900. The first kappa shape index (κ1) is 11.2. The molecule has 0 heterocycles. The number of hydrogen-bond acceptors (Lipinski definition) is 1. The third-order valence-corrected chi connectivity index (χ3v) is 1.94. The summed E-state index contributed by atoms with van der Waals surface area (Å²) < 4.78 is 39.5. The molecule has 0 saturated heterocycles. The molecule has 0 aromatic heterocycles. The van der Waals surface area contributed by atoms with Crippen molar-refractivity contribution in [2.75, 3.05) is 0 Å². The lowest BCUT2D eigenvalue weighted by Gasteiger charge is -2.11. The normalized spacial score (nSPS) is 11.5. The Morgan fingerprint density at radius 1 is 1.36 bits per heavy atom. The van der Waals surface area contributed by atoms with Gasteiger partial charge < -0.3 is 4.74 Å². The smallest absolute Gasteiger partial charge is 0.406 e. The number of benzene rings is 1. The third kappa shape index (κ3) is 3.10. The van der Waals surface area contributed by atoms with E-state index in [1.165, 1.54) is 6.07 Å². The van der Waals surface area contributed by atoms with E-state index in [-0.39, 0.29) is 11.6 Å². The van der Waals surface area contributed by atoms with Crippen LogP contribution in [0.15, 0.2) is 18.2 Å². The van der Waals surface area contributed by atoms with Crippen molar-refractivity contribution in [3.8, 4) is 5.75 Å². The minimum atomic E-state index is -4.66. The van der Waals surface area contributed by atoms with Gasteiger partial charge in [0.15, 0.2) is 0 Å². The molecular formula is C9H8ClF3O. The van der Waals surface area contributed by atoms with Crippen LogP contribution in [0.2, 0.25) is 0 Å². The van der Waals surface area contributed by atoms with Gasteiger partial charge in [0.1, 0.15) is 5.75 Å². The highest BCUT2D eigenvalue weighted by atomic mass is 35.5. The van der Waals surface area contributed by atoms with Crippen molar-refractivity contribution in [3.05, 3.63) is 29.3 Å². The number of halogens is 4. The summed E-state index contributed by atoms with van der Waals surface area (Å²) in [4.78, 5) is 0. The monoisotopic (exact) mass is 224 g/mol. The van der Waals surface area contributed by atoms with Crippen LogP contribution in [0, 0.1) is 6.92 Å². The lowest BCUT2D eigenvalue weighted by Crippen LogP contribution is -2.17. The molecule has 5 heteroatoms. The fourth-order valence-electron chi connectivity index (χ4n) is 0.962. The highest BCUT2D eigenvalue weighted by Gasteiger charge is 2.31. The third-order valence-electron chi connectivity index (χ3n) is 1.63. The maximum absolute atomic E-state index is 11.9. The molecule has 0 aliphatic rings. The number of rotatable bonds is 2. The summed E-state index contributed by atoms with van der Waals surface area (Å²) in [5.41, 5.74) is 1.02. The van der Waals surface area contributed by atoms with Gasteiger partial charge in [-0.15, -0.1) is 24.8 Å². The standard InChI is InChI=1S/C9H8ClF3O/c1-6-2-3-7(5-10)4-8(6)14-9(11,12)13/h2-4H,5H2,1H3. The zero-order valence-electron chi connectivity index (χ0n) is 7.36. The Bertz CT molecular complexity index is 322. The lowest BCUT2D eigenvalue weighted by molar-refractivity contribution is -0.274. The second-order valence-electron chi connectivity index (χ2n) is 2.78. The van der Waals surface area contributed by atoms with Crippen LogP contribution >= 0.6 is 11.6 Å². The van der Waals surface area contributed by atoms with E-state index >= 15 is 0 Å². The van der Waals surface area contributed by atoms with Gasteiger partial charge in [0.25, 0.3) is 0 Å². The van der Waals surface area contributed by atoms with Crippen LogP contribution in [-0.2, 0) is 5.88 Å². The minimum absolute atomic E-state index is 0.161. The molecule has 78 valence electrons. The van der Waals surface area contributed by atoms with E-state index in [1.54, 1.807) is 19.1 Å². The number of hydrogen-bond donors (Lipinski definition) is 0. The fourth-order valence-corrected chi connectivity index (χ4v) is 1.13. The molecule has 0 radical (unpaired) electrons. The summed E-state index contributed by atoms with van der Waals surface area (Å²) in [5.74, 6) is -0.0373. The SMILES string of the molecule is Cc1ccc(CCl)cc1OC(F)(F)F. The van der Waals surface area contributed by atoms with Crippen LogP contribution in [0.25, 0.3) is 0 Å². The van der Waals surface area contributed by atoms with Crippen LogP contribution < -0.4 is 4.74 Å². The first-order valence-electron chi connectivity index (χ1n) is 3.83. The van der Waals surface area contributed by atoms with E-state index in [0.717, 1.165) is 0 Å². The van der Waals surface area contributed by atoms with E-state index in [0.29, 0.717) is 11.1 Å². The molecule has 0 amide bonds. The van der Waals surface area contributed by atoms with Crippen LogP contribution in [0.5, 0.6) is 5.75 Å². The molecule has 0 unspecified atom stereocenters. The molecule has 1 aromatic rings. The molecule has 1 aromatic carbocycles. The molecule has 0 aliphatic heterocycles. The molecule has 0 N–H and O–H groups in total. The Balaban J connectivity index is 2.95. The van der Waals surface area contributed by atoms with Crippen molar-refractivity contribution < 1.29 is 17.9 Å². The Labute approximate surface area is 84.4 Å². The first-order chi connectivity index (χ1) is 6.42. The average Bonchev–Trinajstić information content (AvgIpc) is 2.06. The molecule has 1 nitrogen and oxygen atoms in total. The van der Waals surface area contributed by atoms with E-state index in [1.807, 2.05) is 0 Å². The Kier molecular flexibility index (Phi) is 3.26. The van der Waals surface area contributed by atoms with Gasteiger partial charge in [-0.1, -0.05) is 12.1 Å². The van der Waals surface area contributed by atoms with Gasteiger partial charge in [0.2, 0.25) is 0 Å². The van der Waals surface area contributed by atoms with Crippen LogP contribution in [0.1, 0.15) is 11.1 Å². The van der Waals surface area contributed by atoms with E-state index in [2.05, 4.69) is 4.74 Å². The van der Waals surface area contributed by atoms with Gasteiger partial charge in [0.05, 0.1) is 0 Å². The number of ether oxygens (including phenoxy) is 1. The van der Waals surface area contributed by atoms with Gasteiger partial charge in [-0.2, -0.15) is 0 Å². The van der Waals surface area contributed by atoms with Crippen LogP contribution in [0.3, 0.4) is 0 Å². The zero-order chi connectivity index (χ0) is 10.8. The van der Waals surface area contributed by atoms with Gasteiger partial charge in [-0.05, 0) is 24.1 Å². The molecule has 1 rings (SSSR count). The summed E-state index contributed by atoms with van der Waals surface area (Å²) in [5, 5.41) is 0. The summed E-state index contributed by atoms with van der Waals surface area (Å²) in [6.45, 7) is 1.54. The lowest BCUT2D eigenvalue weighted by atomic mass is 10.1. The number of aryl methyl sites for hydroxylation is 1. The predicted octanol–water partition coefficient (Wildman–Crippen LogP) is 3.63. The predicted molar refractivity (Wildman–Crippen MR) is 47.4 cm³/mol. The second kappa shape index (κ2) is 4.09. The van der Waals surface area contributed by atoms with Crippen molar-refractivity contribution in [2.45, 2.75) is 19.2 Å². The van der Waals surface area contributed by atoms with Crippen molar-refractivity contribution in [3.63, 3.8) is 0 Å². The van der Waals surface area contributed by atoms with E-state index < -0.39 is 6.36 Å². The fraction of sp³-hybridized carbons (Fsp3) is 0.333. The van der Waals surface area contributed by atoms with E-state index in [4.69, 9.17) is 11.6 Å². The van der Waals surface area contributed by atoms with Gasteiger partial charge in [0, 0.05) is 5.88 Å². The average molecular weight is 225 g/mol. The highest BCUT2D eigenvalue weighted by Crippen LogP contribution is 2.27. The molecule has 14 heavy (non-hydrogen) atoms. The van der Waals surface area contributed by atoms with Crippen molar-refractivity contribution in [2.24, 2.45) is 0 Å². The maximum Gasteiger partial charge on any atom is 0.573 e. The van der Waals surface area contributed by atoms with Gasteiger partial charge in [-0.25, -0.2) is 0 Å². The van der Waals surface area contributed by atoms with Crippen molar-refractivity contribution in [1.82, 2.24) is 0 Å². The number of alkyl halides is 4. The zero-order valence-corrected chi connectivity index (χ0v) is 8.12.